The molecule has 1 aromatic rings. The number of aliphatic imine (C=N–C) groups is 1. The summed E-state index contributed by atoms with van der Waals surface area (Å²) in [4.78, 5) is 5.59. The van der Waals surface area contributed by atoms with Crippen LogP contribution in [-0.4, -0.2) is 59.6 Å². The van der Waals surface area contributed by atoms with E-state index in [1.165, 1.54) is 41.3 Å². The SMILES string of the molecule is CCNC(=NCc1ccc(S(=O)(=O)N(C)C)s1)NCC1(CCOC)CCCC1. The van der Waals surface area contributed by atoms with Gasteiger partial charge < -0.3 is 15.4 Å². The smallest absolute Gasteiger partial charge is 0.252 e. The Kier molecular flexibility index (Phi) is 8.73. The lowest BCUT2D eigenvalue weighted by Crippen LogP contribution is -2.43. The van der Waals surface area contributed by atoms with Crippen molar-refractivity contribution in [1.82, 2.24) is 14.9 Å². The molecule has 0 unspecified atom stereocenters. The molecule has 0 bridgehead atoms. The molecule has 1 fully saturated rings. The highest BCUT2D eigenvalue weighted by molar-refractivity contribution is 7.91. The molecular weight excluding hydrogens is 396 g/mol. The van der Waals surface area contributed by atoms with Crippen LogP contribution < -0.4 is 10.6 Å². The Hall–Kier alpha value is -1.16. The lowest BCUT2D eigenvalue weighted by atomic mass is 9.83. The van der Waals surface area contributed by atoms with E-state index in [1.807, 2.05) is 13.0 Å². The van der Waals surface area contributed by atoms with Gasteiger partial charge in [0, 0.05) is 45.8 Å². The van der Waals surface area contributed by atoms with Gasteiger partial charge in [-0.1, -0.05) is 12.8 Å². The number of methoxy groups -OCH3 is 1. The number of nitrogens with zero attached hydrogens (tertiary/aromatic N) is 2. The minimum absolute atomic E-state index is 0.280. The van der Waals surface area contributed by atoms with Crippen molar-refractivity contribution in [3.05, 3.63) is 17.0 Å². The first kappa shape index (κ1) is 23.1. The molecule has 1 saturated carbocycles. The van der Waals surface area contributed by atoms with Crippen LogP contribution >= 0.6 is 11.3 Å². The molecule has 1 heterocycles. The van der Waals surface area contributed by atoms with Gasteiger partial charge in [-0.3, -0.25) is 0 Å². The van der Waals surface area contributed by atoms with Gasteiger partial charge in [0.1, 0.15) is 4.21 Å². The predicted octanol–water partition coefficient (Wildman–Crippen LogP) is 2.65. The van der Waals surface area contributed by atoms with Crippen molar-refractivity contribution in [2.24, 2.45) is 10.4 Å². The molecule has 160 valence electrons. The molecule has 0 atom stereocenters. The van der Waals surface area contributed by atoms with E-state index >= 15 is 0 Å². The zero-order valence-corrected chi connectivity index (χ0v) is 19.1. The minimum atomic E-state index is -3.38. The Labute approximate surface area is 173 Å². The average molecular weight is 431 g/mol. The number of thiophene rings is 1. The van der Waals surface area contributed by atoms with Crippen molar-refractivity contribution in [1.29, 1.82) is 0 Å². The van der Waals surface area contributed by atoms with E-state index in [0.717, 1.165) is 37.0 Å². The Balaban J connectivity index is 2.01. The molecule has 1 aromatic heterocycles. The van der Waals surface area contributed by atoms with E-state index in [4.69, 9.17) is 4.74 Å². The second-order valence-corrected chi connectivity index (χ2v) is 11.1. The maximum atomic E-state index is 12.2. The van der Waals surface area contributed by atoms with Crippen LogP contribution in [0.3, 0.4) is 0 Å². The van der Waals surface area contributed by atoms with E-state index in [0.29, 0.717) is 10.8 Å². The van der Waals surface area contributed by atoms with Crippen molar-refractivity contribution < 1.29 is 13.2 Å². The third-order valence-electron chi connectivity index (χ3n) is 5.24. The molecule has 0 aliphatic heterocycles. The van der Waals surface area contributed by atoms with Crippen molar-refractivity contribution in [2.45, 2.75) is 49.8 Å². The van der Waals surface area contributed by atoms with Gasteiger partial charge in [-0.2, -0.15) is 0 Å². The number of ether oxygens (including phenoxy) is 1. The van der Waals surface area contributed by atoms with Gasteiger partial charge in [-0.25, -0.2) is 17.7 Å². The predicted molar refractivity (Wildman–Crippen MR) is 115 cm³/mol. The average Bonchev–Trinajstić information content (AvgIpc) is 3.32. The van der Waals surface area contributed by atoms with E-state index in [2.05, 4.69) is 15.6 Å². The molecule has 1 aliphatic rings. The molecule has 2 N–H and O–H groups in total. The summed E-state index contributed by atoms with van der Waals surface area (Å²) < 4.78 is 31.3. The first-order valence-corrected chi connectivity index (χ1v) is 12.1. The second kappa shape index (κ2) is 10.6. The third kappa shape index (κ3) is 6.17. The quantitative estimate of drug-likeness (QED) is 0.440. The molecular formula is C19H34N4O3S2. The van der Waals surface area contributed by atoms with Crippen LogP contribution in [0.25, 0.3) is 0 Å². The van der Waals surface area contributed by atoms with E-state index in [-0.39, 0.29) is 5.41 Å². The number of sulfonamides is 1. The van der Waals surface area contributed by atoms with Gasteiger partial charge >= 0.3 is 0 Å². The number of hydrogen-bond acceptors (Lipinski definition) is 5. The van der Waals surface area contributed by atoms with Crippen molar-refractivity contribution in [3.8, 4) is 0 Å². The summed E-state index contributed by atoms with van der Waals surface area (Å²) in [5, 5.41) is 6.79. The number of rotatable bonds is 10. The third-order valence-corrected chi connectivity index (χ3v) is 8.59. The van der Waals surface area contributed by atoms with E-state index in [9.17, 15) is 8.42 Å². The Morgan fingerprint density at radius 1 is 1.29 bits per heavy atom. The maximum Gasteiger partial charge on any atom is 0.252 e. The van der Waals surface area contributed by atoms with Gasteiger partial charge in [0.2, 0.25) is 0 Å². The number of guanidine groups is 1. The fourth-order valence-corrected chi connectivity index (χ4v) is 5.94. The summed E-state index contributed by atoms with van der Waals surface area (Å²) >= 11 is 1.27. The van der Waals surface area contributed by atoms with Crippen molar-refractivity contribution in [2.75, 3.05) is 40.9 Å². The van der Waals surface area contributed by atoms with Crippen LogP contribution in [0.1, 0.15) is 43.9 Å². The zero-order chi connectivity index (χ0) is 20.6. The Morgan fingerprint density at radius 3 is 2.61 bits per heavy atom. The van der Waals surface area contributed by atoms with E-state index in [1.54, 1.807) is 27.3 Å². The van der Waals surface area contributed by atoms with Crippen molar-refractivity contribution in [3.63, 3.8) is 0 Å². The molecule has 0 radical (unpaired) electrons. The summed E-state index contributed by atoms with van der Waals surface area (Å²) in [5.41, 5.74) is 0.280. The lowest BCUT2D eigenvalue weighted by Gasteiger charge is -2.30. The molecule has 28 heavy (non-hydrogen) atoms. The maximum absolute atomic E-state index is 12.2. The van der Waals surface area contributed by atoms with Gasteiger partial charge in [-0.05, 0) is 43.7 Å². The zero-order valence-electron chi connectivity index (χ0n) is 17.5. The molecule has 0 saturated heterocycles. The van der Waals surface area contributed by atoms with Crippen LogP contribution in [0, 0.1) is 5.41 Å². The molecule has 0 spiro atoms. The molecule has 9 heteroatoms. The number of nitrogens with one attached hydrogen (secondary N) is 2. The monoisotopic (exact) mass is 430 g/mol. The highest BCUT2D eigenvalue weighted by Crippen LogP contribution is 2.40. The largest absolute Gasteiger partial charge is 0.385 e. The van der Waals surface area contributed by atoms with Gasteiger partial charge in [-0.15, -0.1) is 11.3 Å². The van der Waals surface area contributed by atoms with Gasteiger partial charge in [0.05, 0.1) is 6.54 Å². The van der Waals surface area contributed by atoms with Crippen LogP contribution in [0.4, 0.5) is 0 Å². The van der Waals surface area contributed by atoms with Crippen molar-refractivity contribution >= 4 is 27.3 Å². The van der Waals surface area contributed by atoms with Crippen LogP contribution in [0.5, 0.6) is 0 Å². The minimum Gasteiger partial charge on any atom is -0.385 e. The fraction of sp³-hybridized carbons (Fsp3) is 0.737. The molecule has 2 rings (SSSR count). The van der Waals surface area contributed by atoms with Gasteiger partial charge in [0.15, 0.2) is 5.96 Å². The summed E-state index contributed by atoms with van der Waals surface area (Å²) in [7, 11) is 1.46. The Bertz CT molecular complexity index is 738. The summed E-state index contributed by atoms with van der Waals surface area (Å²) in [6, 6.07) is 3.49. The highest BCUT2D eigenvalue weighted by Gasteiger charge is 2.33. The number of hydrogen-bond donors (Lipinski definition) is 2. The summed E-state index contributed by atoms with van der Waals surface area (Å²) in [5.74, 6) is 0.775. The van der Waals surface area contributed by atoms with Crippen LogP contribution in [0.2, 0.25) is 0 Å². The van der Waals surface area contributed by atoms with Gasteiger partial charge in [0.25, 0.3) is 10.0 Å². The van der Waals surface area contributed by atoms with Crippen LogP contribution in [0.15, 0.2) is 21.3 Å². The topological polar surface area (TPSA) is 83.0 Å². The normalized spacial score (nSPS) is 17.2. The summed E-state index contributed by atoms with van der Waals surface area (Å²) in [6.07, 6.45) is 6.06. The standard InChI is InChI=1S/C19H34N4O3S2/c1-5-20-18(22-15-19(12-13-26-4)10-6-7-11-19)21-14-16-8-9-17(27-16)28(24,25)23(2)3/h8-9H,5-7,10-15H2,1-4H3,(H2,20,21,22). The molecule has 7 nitrogen and oxygen atoms in total. The summed E-state index contributed by atoms with van der Waals surface area (Å²) in [6.45, 7) is 4.94. The highest BCUT2D eigenvalue weighted by atomic mass is 32.2. The van der Waals surface area contributed by atoms with E-state index < -0.39 is 10.0 Å². The lowest BCUT2D eigenvalue weighted by molar-refractivity contribution is 0.138. The first-order chi connectivity index (χ1) is 13.3. The molecule has 0 amide bonds. The fourth-order valence-electron chi connectivity index (χ4n) is 3.49. The molecule has 0 aromatic carbocycles. The second-order valence-electron chi connectivity index (χ2n) is 7.51. The molecule has 1 aliphatic carbocycles. The van der Waals surface area contributed by atoms with Crippen LogP contribution in [-0.2, 0) is 21.3 Å². The first-order valence-electron chi connectivity index (χ1n) is 9.85. The Morgan fingerprint density at radius 2 is 2.00 bits per heavy atom.